The zero-order valence-electron chi connectivity index (χ0n) is 11.6. The summed E-state index contributed by atoms with van der Waals surface area (Å²) in [5.74, 6) is 0. The van der Waals surface area contributed by atoms with Gasteiger partial charge in [0.1, 0.15) is 0 Å². The lowest BCUT2D eigenvalue weighted by atomic mass is 10.3. The van der Waals surface area contributed by atoms with Crippen LogP contribution in [0.5, 0.6) is 0 Å². The molecule has 0 saturated heterocycles. The van der Waals surface area contributed by atoms with E-state index in [0.717, 1.165) is 0 Å². The van der Waals surface area contributed by atoms with E-state index in [-0.39, 0.29) is 11.4 Å². The molecule has 1 heterocycles. The van der Waals surface area contributed by atoms with E-state index in [4.69, 9.17) is 0 Å². The molecule has 0 amide bonds. The van der Waals surface area contributed by atoms with E-state index in [1.54, 1.807) is 31.2 Å². The van der Waals surface area contributed by atoms with Crippen LogP contribution in [0.4, 0.5) is 0 Å². The van der Waals surface area contributed by atoms with E-state index in [2.05, 4.69) is 0 Å². The van der Waals surface area contributed by atoms with Crippen molar-refractivity contribution in [1.82, 2.24) is 13.9 Å². The maximum atomic E-state index is 12.5. The molecule has 5 heteroatoms. The van der Waals surface area contributed by atoms with Crippen LogP contribution < -0.4 is 11.4 Å². The van der Waals surface area contributed by atoms with Crippen LogP contribution in [0.15, 0.2) is 70.3 Å². The van der Waals surface area contributed by atoms with Crippen molar-refractivity contribution >= 4 is 0 Å². The highest BCUT2D eigenvalue weighted by atomic mass is 16.2. The Morgan fingerprint density at radius 1 is 0.714 bits per heavy atom. The largest absolute Gasteiger partial charge is 0.352 e. The number of hydrogen-bond acceptors (Lipinski definition) is 2. The third-order valence-electron chi connectivity index (χ3n) is 3.34. The van der Waals surface area contributed by atoms with Gasteiger partial charge in [0.15, 0.2) is 0 Å². The Kier molecular flexibility index (Phi) is 3.31. The van der Waals surface area contributed by atoms with Crippen LogP contribution in [-0.2, 0) is 6.54 Å². The number of benzene rings is 2. The van der Waals surface area contributed by atoms with Gasteiger partial charge in [0.2, 0.25) is 0 Å². The zero-order valence-corrected chi connectivity index (χ0v) is 11.6. The van der Waals surface area contributed by atoms with Crippen LogP contribution in [0, 0.1) is 0 Å². The predicted octanol–water partition coefficient (Wildman–Crippen LogP) is 1.81. The summed E-state index contributed by atoms with van der Waals surface area (Å²) in [6, 6.07) is 18.3. The van der Waals surface area contributed by atoms with E-state index in [9.17, 15) is 9.59 Å². The Morgan fingerprint density at radius 3 is 1.43 bits per heavy atom. The average molecular weight is 281 g/mol. The minimum Gasteiger partial charge on any atom is -0.245 e. The van der Waals surface area contributed by atoms with Gasteiger partial charge in [0.25, 0.3) is 0 Å². The number of rotatable bonds is 3. The Hall–Kier alpha value is -2.82. The van der Waals surface area contributed by atoms with E-state index in [0.29, 0.717) is 17.9 Å². The minimum atomic E-state index is -0.336. The van der Waals surface area contributed by atoms with Gasteiger partial charge < -0.3 is 0 Å². The molecular weight excluding hydrogens is 266 g/mol. The fourth-order valence-corrected chi connectivity index (χ4v) is 2.34. The molecule has 0 N–H and O–H groups in total. The molecule has 0 aliphatic rings. The third-order valence-corrected chi connectivity index (χ3v) is 3.34. The van der Waals surface area contributed by atoms with Gasteiger partial charge in [0.05, 0.1) is 11.4 Å². The highest BCUT2D eigenvalue weighted by Crippen LogP contribution is 2.08. The van der Waals surface area contributed by atoms with Crippen molar-refractivity contribution in [3.8, 4) is 11.4 Å². The van der Waals surface area contributed by atoms with Gasteiger partial charge >= 0.3 is 11.4 Å². The van der Waals surface area contributed by atoms with Gasteiger partial charge in [-0.25, -0.2) is 14.2 Å². The summed E-state index contributed by atoms with van der Waals surface area (Å²) >= 11 is 0. The molecular formula is C16H15N3O2. The van der Waals surface area contributed by atoms with Crippen LogP contribution in [-0.4, -0.2) is 13.9 Å². The SMILES string of the molecule is CCn1c(=O)n(-c2ccccc2)n(-c2ccccc2)c1=O. The van der Waals surface area contributed by atoms with Crippen molar-refractivity contribution in [2.24, 2.45) is 0 Å². The topological polar surface area (TPSA) is 48.9 Å². The smallest absolute Gasteiger partial charge is 0.245 e. The van der Waals surface area contributed by atoms with Gasteiger partial charge in [-0.15, -0.1) is 0 Å². The van der Waals surface area contributed by atoms with Crippen LogP contribution >= 0.6 is 0 Å². The molecule has 3 aromatic rings. The van der Waals surface area contributed by atoms with Crippen molar-refractivity contribution in [3.63, 3.8) is 0 Å². The Bertz CT molecular complexity index is 787. The van der Waals surface area contributed by atoms with Crippen molar-refractivity contribution in [3.05, 3.63) is 81.6 Å². The second-order valence-corrected chi connectivity index (χ2v) is 4.60. The van der Waals surface area contributed by atoms with Crippen molar-refractivity contribution in [2.45, 2.75) is 13.5 Å². The molecule has 0 spiro atoms. The van der Waals surface area contributed by atoms with Crippen molar-refractivity contribution in [2.75, 3.05) is 0 Å². The lowest BCUT2D eigenvalue weighted by Gasteiger charge is -2.08. The summed E-state index contributed by atoms with van der Waals surface area (Å²) in [6.07, 6.45) is 0. The van der Waals surface area contributed by atoms with Gasteiger partial charge in [-0.1, -0.05) is 36.4 Å². The van der Waals surface area contributed by atoms with E-state index in [1.165, 1.54) is 13.9 Å². The molecule has 0 radical (unpaired) electrons. The standard InChI is InChI=1S/C16H15N3O2/c1-2-17-15(20)18(13-9-5-3-6-10-13)19(16(17)21)14-11-7-4-8-12-14/h3-12H,2H2,1H3. The van der Waals surface area contributed by atoms with E-state index >= 15 is 0 Å². The summed E-state index contributed by atoms with van der Waals surface area (Å²) in [4.78, 5) is 25.0. The molecule has 5 nitrogen and oxygen atoms in total. The Morgan fingerprint density at radius 2 is 1.10 bits per heavy atom. The molecule has 0 saturated carbocycles. The first-order chi connectivity index (χ1) is 10.2. The zero-order chi connectivity index (χ0) is 14.8. The summed E-state index contributed by atoms with van der Waals surface area (Å²) in [7, 11) is 0. The van der Waals surface area contributed by atoms with Crippen LogP contribution in [0.3, 0.4) is 0 Å². The second kappa shape index (κ2) is 5.28. The number of aromatic nitrogens is 3. The molecule has 0 aliphatic heterocycles. The first-order valence-electron chi connectivity index (χ1n) is 6.79. The number of nitrogens with zero attached hydrogens (tertiary/aromatic N) is 3. The fourth-order valence-electron chi connectivity index (χ4n) is 2.34. The van der Waals surface area contributed by atoms with Gasteiger partial charge in [-0.3, -0.25) is 0 Å². The third kappa shape index (κ3) is 2.12. The van der Waals surface area contributed by atoms with Gasteiger partial charge in [-0.2, -0.15) is 9.36 Å². The lowest BCUT2D eigenvalue weighted by Crippen LogP contribution is -2.27. The predicted molar refractivity (Wildman–Crippen MR) is 81.3 cm³/mol. The molecule has 21 heavy (non-hydrogen) atoms. The molecule has 106 valence electrons. The maximum Gasteiger partial charge on any atom is 0.352 e. The summed E-state index contributed by atoms with van der Waals surface area (Å²) in [5.41, 5.74) is 0.654. The molecule has 1 aromatic heterocycles. The monoisotopic (exact) mass is 281 g/mol. The van der Waals surface area contributed by atoms with Crippen LogP contribution in [0.1, 0.15) is 6.92 Å². The molecule has 2 aromatic carbocycles. The Labute approximate surface area is 121 Å². The quantitative estimate of drug-likeness (QED) is 0.735. The minimum absolute atomic E-state index is 0.336. The molecule has 3 rings (SSSR count). The average Bonchev–Trinajstić information content (AvgIpc) is 2.79. The van der Waals surface area contributed by atoms with E-state index < -0.39 is 0 Å². The molecule has 0 fully saturated rings. The van der Waals surface area contributed by atoms with Crippen molar-refractivity contribution in [1.29, 1.82) is 0 Å². The Balaban J connectivity index is 2.39. The molecule has 0 unspecified atom stereocenters. The van der Waals surface area contributed by atoms with Crippen LogP contribution in [0.25, 0.3) is 11.4 Å². The summed E-state index contributed by atoms with van der Waals surface area (Å²) < 4.78 is 4.03. The van der Waals surface area contributed by atoms with E-state index in [1.807, 2.05) is 36.4 Å². The highest BCUT2D eigenvalue weighted by molar-refractivity contribution is 5.35. The first-order valence-corrected chi connectivity index (χ1v) is 6.79. The van der Waals surface area contributed by atoms with Gasteiger partial charge in [0, 0.05) is 6.54 Å². The highest BCUT2D eigenvalue weighted by Gasteiger charge is 2.17. The fraction of sp³-hybridized carbons (Fsp3) is 0.125. The van der Waals surface area contributed by atoms with Crippen molar-refractivity contribution < 1.29 is 0 Å². The molecule has 0 atom stereocenters. The molecule has 0 aliphatic carbocycles. The number of para-hydroxylation sites is 2. The number of hydrogen-bond donors (Lipinski definition) is 0. The normalized spacial score (nSPS) is 10.7. The lowest BCUT2D eigenvalue weighted by molar-refractivity contribution is 0.694. The van der Waals surface area contributed by atoms with Gasteiger partial charge in [-0.05, 0) is 31.2 Å². The molecule has 0 bridgehead atoms. The summed E-state index contributed by atoms with van der Waals surface area (Å²) in [5, 5.41) is 0. The van der Waals surface area contributed by atoms with Crippen LogP contribution in [0.2, 0.25) is 0 Å². The second-order valence-electron chi connectivity index (χ2n) is 4.60. The summed E-state index contributed by atoms with van der Waals surface area (Å²) in [6.45, 7) is 2.12. The first kappa shape index (κ1) is 13.2. The maximum absolute atomic E-state index is 12.5.